The van der Waals surface area contributed by atoms with Crippen LogP contribution in [0.3, 0.4) is 0 Å². The number of hydrogen-bond acceptors (Lipinski definition) is 6. The van der Waals surface area contributed by atoms with E-state index in [9.17, 15) is 13.2 Å². The first-order chi connectivity index (χ1) is 12.5. The first-order valence-corrected chi connectivity index (χ1v) is 11.6. The first-order valence-electron chi connectivity index (χ1n) is 10.2. The van der Waals surface area contributed by atoms with Crippen LogP contribution in [0.25, 0.3) is 0 Å². The molecule has 0 aromatic heterocycles. The van der Waals surface area contributed by atoms with Crippen molar-refractivity contribution in [3.05, 3.63) is 0 Å². The average Bonchev–Trinajstić information content (AvgIpc) is 2.58. The van der Waals surface area contributed by atoms with E-state index in [1.54, 1.807) is 0 Å². The van der Waals surface area contributed by atoms with Crippen LogP contribution in [0, 0.1) is 0 Å². The molecular formula is C19H39NaO6S. The molecule has 0 aromatic rings. The molecule has 0 saturated carbocycles. The predicted molar refractivity (Wildman–Crippen MR) is 104 cm³/mol. The van der Waals surface area contributed by atoms with E-state index in [2.05, 4.69) is 15.3 Å². The third-order valence-corrected chi connectivity index (χ3v) is 5.05. The van der Waals surface area contributed by atoms with Gasteiger partial charge in [-0.3, -0.25) is 4.79 Å². The monoisotopic (exact) mass is 418 g/mol. The Labute approximate surface area is 189 Å². The standard InChI is InChI=1S/C19H38O6S.Na.H/c1-2-3-4-5-6-7-8-9-10-11-12-13-14-16-19(21)25-26(22,23)24-18-15-17-20;;/h20H,2-18H2,1H3;;/q;+1;-1. The minimum atomic E-state index is -4.28. The summed E-state index contributed by atoms with van der Waals surface area (Å²) in [4.78, 5) is 11.5. The summed E-state index contributed by atoms with van der Waals surface area (Å²) in [5.74, 6) is -0.780. The van der Waals surface area contributed by atoms with E-state index in [0.717, 1.165) is 19.3 Å². The summed E-state index contributed by atoms with van der Waals surface area (Å²) < 4.78 is 31.4. The zero-order chi connectivity index (χ0) is 19.5. The number of hydrogen-bond donors (Lipinski definition) is 1. The van der Waals surface area contributed by atoms with Gasteiger partial charge in [-0.25, -0.2) is 4.18 Å². The first kappa shape index (κ1) is 29.5. The Bertz CT molecular complexity index is 434. The number of carbonyl (C=O) groups excluding carboxylic acids is 1. The molecule has 27 heavy (non-hydrogen) atoms. The molecule has 0 radical (unpaired) electrons. The van der Waals surface area contributed by atoms with Gasteiger partial charge in [0, 0.05) is 13.0 Å². The zero-order valence-electron chi connectivity index (χ0n) is 18.4. The molecular weight excluding hydrogens is 379 g/mol. The number of unbranched alkanes of at least 4 members (excludes halogenated alkanes) is 12. The van der Waals surface area contributed by atoms with Crippen LogP contribution in [0.5, 0.6) is 0 Å². The molecule has 0 unspecified atom stereocenters. The molecule has 0 spiro atoms. The normalized spacial score (nSPS) is 11.2. The van der Waals surface area contributed by atoms with Crippen LogP contribution in [0.2, 0.25) is 0 Å². The van der Waals surface area contributed by atoms with Gasteiger partial charge >= 0.3 is 45.9 Å². The maximum atomic E-state index is 11.5. The molecule has 0 rings (SSSR count). The molecule has 0 heterocycles. The summed E-state index contributed by atoms with van der Waals surface area (Å²) in [7, 11) is -4.28. The quantitative estimate of drug-likeness (QED) is 0.254. The van der Waals surface area contributed by atoms with Crippen LogP contribution >= 0.6 is 0 Å². The Morgan fingerprint density at radius 1 is 0.815 bits per heavy atom. The van der Waals surface area contributed by atoms with Crippen LogP contribution < -0.4 is 29.6 Å². The van der Waals surface area contributed by atoms with Crippen molar-refractivity contribution in [3.63, 3.8) is 0 Å². The summed E-state index contributed by atoms with van der Waals surface area (Å²) in [6.45, 7) is 1.87. The fourth-order valence-electron chi connectivity index (χ4n) is 2.69. The largest absolute Gasteiger partial charge is 1.00 e. The van der Waals surface area contributed by atoms with Crippen LogP contribution in [-0.2, 0) is 23.6 Å². The minimum Gasteiger partial charge on any atom is -1.00 e. The van der Waals surface area contributed by atoms with Gasteiger partial charge in [-0.05, 0) is 12.8 Å². The van der Waals surface area contributed by atoms with Gasteiger partial charge in [0.05, 0.1) is 6.61 Å². The van der Waals surface area contributed by atoms with Crippen molar-refractivity contribution >= 4 is 16.4 Å². The van der Waals surface area contributed by atoms with Crippen molar-refractivity contribution in [1.82, 2.24) is 0 Å². The molecule has 0 aliphatic heterocycles. The molecule has 158 valence electrons. The van der Waals surface area contributed by atoms with E-state index >= 15 is 0 Å². The fraction of sp³-hybridized carbons (Fsp3) is 0.947. The predicted octanol–water partition coefficient (Wildman–Crippen LogP) is 1.77. The minimum absolute atomic E-state index is 0. The number of aliphatic hydroxyl groups excluding tert-OH is 1. The summed E-state index contributed by atoms with van der Waals surface area (Å²) >= 11 is 0. The van der Waals surface area contributed by atoms with Crippen molar-refractivity contribution in [1.29, 1.82) is 0 Å². The van der Waals surface area contributed by atoms with E-state index in [0.29, 0.717) is 6.42 Å². The van der Waals surface area contributed by atoms with Gasteiger partial charge in [-0.15, -0.1) is 0 Å². The molecule has 0 fully saturated rings. The third kappa shape index (κ3) is 22.5. The van der Waals surface area contributed by atoms with E-state index in [1.165, 1.54) is 57.8 Å². The van der Waals surface area contributed by atoms with Crippen LogP contribution in [0.4, 0.5) is 0 Å². The van der Waals surface area contributed by atoms with Crippen LogP contribution in [0.1, 0.15) is 105 Å². The van der Waals surface area contributed by atoms with Gasteiger partial charge in [0.1, 0.15) is 0 Å². The molecule has 0 aromatic carbocycles. The number of aliphatic hydroxyl groups is 1. The Kier molecular flexibility index (Phi) is 23.0. The second-order valence-electron chi connectivity index (χ2n) is 6.76. The number of rotatable bonds is 19. The molecule has 0 aliphatic rings. The smallest absolute Gasteiger partial charge is 1.00 e. The van der Waals surface area contributed by atoms with E-state index in [-0.39, 0.29) is 57.0 Å². The summed E-state index contributed by atoms with van der Waals surface area (Å²) in [5.41, 5.74) is 0. The maximum Gasteiger partial charge on any atom is 1.00 e. The maximum absolute atomic E-state index is 11.5. The Hall–Kier alpha value is 0.340. The van der Waals surface area contributed by atoms with Gasteiger partial charge < -0.3 is 10.7 Å². The van der Waals surface area contributed by atoms with Crippen molar-refractivity contribution in [3.8, 4) is 0 Å². The van der Waals surface area contributed by atoms with E-state index < -0.39 is 16.4 Å². The summed E-state index contributed by atoms with van der Waals surface area (Å²) in [6, 6.07) is 0. The zero-order valence-corrected chi connectivity index (χ0v) is 20.2. The average molecular weight is 419 g/mol. The molecule has 1 N–H and O–H groups in total. The van der Waals surface area contributed by atoms with Gasteiger partial charge in [-0.1, -0.05) is 84.0 Å². The number of carbonyl (C=O) groups is 1. The van der Waals surface area contributed by atoms with Gasteiger partial charge in [0.2, 0.25) is 0 Å². The molecule has 0 bridgehead atoms. The van der Waals surface area contributed by atoms with Gasteiger partial charge in [-0.2, -0.15) is 8.42 Å². The van der Waals surface area contributed by atoms with Gasteiger partial charge in [0.25, 0.3) is 0 Å². The molecule has 0 aliphatic carbocycles. The fourth-order valence-corrected chi connectivity index (χ4v) is 3.37. The second-order valence-corrected chi connectivity index (χ2v) is 7.97. The molecule has 0 amide bonds. The summed E-state index contributed by atoms with van der Waals surface area (Å²) in [5, 5.41) is 8.55. The van der Waals surface area contributed by atoms with Crippen molar-refractivity contribution < 1.29 is 57.7 Å². The second kappa shape index (κ2) is 21.1. The molecule has 8 heteroatoms. The molecule has 6 nitrogen and oxygen atoms in total. The third-order valence-electron chi connectivity index (χ3n) is 4.21. The Morgan fingerprint density at radius 2 is 1.26 bits per heavy atom. The van der Waals surface area contributed by atoms with E-state index in [4.69, 9.17) is 5.11 Å². The van der Waals surface area contributed by atoms with Crippen molar-refractivity contribution in [2.24, 2.45) is 0 Å². The van der Waals surface area contributed by atoms with E-state index in [1.807, 2.05) is 0 Å². The topological polar surface area (TPSA) is 89.9 Å². The van der Waals surface area contributed by atoms with Crippen LogP contribution in [0.15, 0.2) is 0 Å². The summed E-state index contributed by atoms with van der Waals surface area (Å²) in [6.07, 6.45) is 15.9. The molecule has 0 saturated heterocycles. The Balaban J connectivity index is -0.00000312. The van der Waals surface area contributed by atoms with Crippen molar-refractivity contribution in [2.75, 3.05) is 13.2 Å². The van der Waals surface area contributed by atoms with Crippen LogP contribution in [-0.4, -0.2) is 32.7 Å². The van der Waals surface area contributed by atoms with Crippen molar-refractivity contribution in [2.45, 2.75) is 103 Å². The Morgan fingerprint density at radius 3 is 1.70 bits per heavy atom. The molecule has 0 atom stereocenters. The SMILES string of the molecule is CCCCCCCCCCCCCCCC(=O)OS(=O)(=O)OCCCO.[H-].[Na+]. The van der Waals surface area contributed by atoms with Gasteiger partial charge in [0.15, 0.2) is 0 Å².